The first-order valence-corrected chi connectivity index (χ1v) is 7.18. The molecule has 14 heavy (non-hydrogen) atoms. The molecule has 0 radical (unpaired) electrons. The number of hydrogen-bond donors (Lipinski definition) is 1. The fourth-order valence-electron chi connectivity index (χ4n) is 2.92. The Hall–Kier alpha value is -0.0900. The van der Waals surface area contributed by atoms with E-state index in [9.17, 15) is 8.42 Å². The van der Waals surface area contributed by atoms with Gasteiger partial charge < -0.3 is 0 Å². The standard InChI is InChI=1S/C10H19NO2S/c1-2-14(12,13)11-8-10-5-3-9(7-10)4-6-10/h9,11H,2-8H2,1H3. The molecule has 82 valence electrons. The van der Waals surface area contributed by atoms with Crippen molar-refractivity contribution in [2.75, 3.05) is 12.3 Å². The lowest BCUT2D eigenvalue weighted by Crippen LogP contribution is -2.35. The highest BCUT2D eigenvalue weighted by Crippen LogP contribution is 2.53. The van der Waals surface area contributed by atoms with Crippen LogP contribution in [0.15, 0.2) is 0 Å². The van der Waals surface area contributed by atoms with Gasteiger partial charge in [-0.05, 0) is 50.4 Å². The van der Waals surface area contributed by atoms with Crippen LogP contribution in [-0.4, -0.2) is 20.7 Å². The van der Waals surface area contributed by atoms with Crippen molar-refractivity contribution in [1.82, 2.24) is 4.72 Å². The Bertz CT molecular complexity index is 302. The van der Waals surface area contributed by atoms with E-state index < -0.39 is 10.0 Å². The number of fused-ring (bicyclic) bond motifs is 2. The summed E-state index contributed by atoms with van der Waals surface area (Å²) >= 11 is 0. The molecule has 0 aromatic heterocycles. The van der Waals surface area contributed by atoms with Crippen molar-refractivity contribution in [3.05, 3.63) is 0 Å². The van der Waals surface area contributed by atoms with Crippen molar-refractivity contribution in [1.29, 1.82) is 0 Å². The van der Waals surface area contributed by atoms with E-state index in [0.717, 1.165) is 5.92 Å². The topological polar surface area (TPSA) is 46.2 Å². The zero-order valence-electron chi connectivity index (χ0n) is 8.75. The number of sulfonamides is 1. The Morgan fingerprint density at radius 2 is 2.00 bits per heavy atom. The summed E-state index contributed by atoms with van der Waals surface area (Å²) in [5.74, 6) is 1.09. The van der Waals surface area contributed by atoms with Gasteiger partial charge in [-0.3, -0.25) is 0 Å². The molecule has 0 aliphatic heterocycles. The summed E-state index contributed by atoms with van der Waals surface area (Å²) in [6.07, 6.45) is 6.33. The first-order valence-electron chi connectivity index (χ1n) is 5.53. The average Bonchev–Trinajstić information content (AvgIpc) is 2.75. The normalized spacial score (nSPS) is 36.5. The van der Waals surface area contributed by atoms with Crippen LogP contribution in [-0.2, 0) is 10.0 Å². The average molecular weight is 217 g/mol. The van der Waals surface area contributed by atoms with E-state index >= 15 is 0 Å². The lowest BCUT2D eigenvalue weighted by molar-refractivity contribution is 0.296. The van der Waals surface area contributed by atoms with Crippen molar-refractivity contribution in [2.45, 2.75) is 39.0 Å². The Morgan fingerprint density at radius 3 is 2.43 bits per heavy atom. The van der Waals surface area contributed by atoms with Crippen molar-refractivity contribution in [3.63, 3.8) is 0 Å². The molecule has 0 aromatic rings. The van der Waals surface area contributed by atoms with Crippen LogP contribution in [0.25, 0.3) is 0 Å². The second-order valence-corrected chi connectivity index (χ2v) is 6.97. The predicted octanol–water partition coefficient (Wildman–Crippen LogP) is 1.51. The van der Waals surface area contributed by atoms with E-state index in [1.807, 2.05) is 0 Å². The van der Waals surface area contributed by atoms with E-state index in [2.05, 4.69) is 4.72 Å². The number of nitrogens with one attached hydrogen (secondary N) is 1. The zero-order chi connectivity index (χ0) is 10.2. The number of hydrogen-bond acceptors (Lipinski definition) is 2. The lowest BCUT2D eigenvalue weighted by Gasteiger charge is -2.26. The molecule has 2 fully saturated rings. The summed E-state index contributed by atoms with van der Waals surface area (Å²) in [5, 5.41) is 0. The Balaban J connectivity index is 1.92. The molecule has 0 heterocycles. The van der Waals surface area contributed by atoms with E-state index in [0.29, 0.717) is 12.0 Å². The molecule has 3 nitrogen and oxygen atoms in total. The minimum Gasteiger partial charge on any atom is -0.215 e. The van der Waals surface area contributed by atoms with E-state index in [4.69, 9.17) is 0 Å². The smallest absolute Gasteiger partial charge is 0.211 e. The van der Waals surface area contributed by atoms with Gasteiger partial charge in [0.2, 0.25) is 10.0 Å². The molecule has 2 rings (SSSR count). The molecule has 0 spiro atoms. The van der Waals surface area contributed by atoms with Gasteiger partial charge in [0.15, 0.2) is 0 Å². The van der Waals surface area contributed by atoms with Crippen LogP contribution in [0.3, 0.4) is 0 Å². The van der Waals surface area contributed by atoms with Crippen molar-refractivity contribution in [2.24, 2.45) is 11.3 Å². The fourth-order valence-corrected chi connectivity index (χ4v) is 3.65. The van der Waals surface area contributed by atoms with Gasteiger partial charge in [0.25, 0.3) is 0 Å². The first kappa shape index (κ1) is 10.4. The molecule has 0 unspecified atom stereocenters. The molecular formula is C10H19NO2S. The highest BCUT2D eigenvalue weighted by atomic mass is 32.2. The fraction of sp³-hybridized carbons (Fsp3) is 1.00. The molecule has 2 aliphatic carbocycles. The first-order chi connectivity index (χ1) is 6.55. The van der Waals surface area contributed by atoms with Crippen LogP contribution in [0.4, 0.5) is 0 Å². The van der Waals surface area contributed by atoms with Crippen LogP contribution in [0.2, 0.25) is 0 Å². The second kappa shape index (κ2) is 3.49. The summed E-state index contributed by atoms with van der Waals surface area (Å²) in [4.78, 5) is 0. The molecule has 1 N–H and O–H groups in total. The largest absolute Gasteiger partial charge is 0.215 e. The van der Waals surface area contributed by atoms with Crippen molar-refractivity contribution in [3.8, 4) is 0 Å². The van der Waals surface area contributed by atoms with Gasteiger partial charge in [-0.25, -0.2) is 13.1 Å². The maximum Gasteiger partial charge on any atom is 0.211 e. The van der Waals surface area contributed by atoms with Crippen molar-refractivity contribution < 1.29 is 8.42 Å². The van der Waals surface area contributed by atoms with Gasteiger partial charge in [-0.1, -0.05) is 0 Å². The molecule has 0 aromatic carbocycles. The van der Waals surface area contributed by atoms with Gasteiger partial charge in [0, 0.05) is 6.54 Å². The monoisotopic (exact) mass is 217 g/mol. The third-order valence-electron chi connectivity index (χ3n) is 3.93. The van der Waals surface area contributed by atoms with Crippen LogP contribution in [0, 0.1) is 11.3 Å². The minimum absolute atomic E-state index is 0.201. The third-order valence-corrected chi connectivity index (χ3v) is 5.28. The maximum absolute atomic E-state index is 11.3. The number of rotatable bonds is 4. The Kier molecular flexibility index (Phi) is 2.60. The summed E-state index contributed by atoms with van der Waals surface area (Å²) in [6, 6.07) is 0. The lowest BCUT2D eigenvalue weighted by atomic mass is 9.85. The molecule has 0 saturated heterocycles. The molecule has 2 aliphatic rings. The molecule has 4 heteroatoms. The van der Waals surface area contributed by atoms with Crippen LogP contribution in [0.5, 0.6) is 0 Å². The van der Waals surface area contributed by atoms with Gasteiger partial charge in [-0.2, -0.15) is 0 Å². The maximum atomic E-state index is 11.3. The van der Waals surface area contributed by atoms with E-state index in [1.165, 1.54) is 32.1 Å². The third kappa shape index (κ3) is 1.96. The quantitative estimate of drug-likeness (QED) is 0.776. The highest BCUT2D eigenvalue weighted by molar-refractivity contribution is 7.89. The van der Waals surface area contributed by atoms with Gasteiger partial charge >= 0.3 is 0 Å². The van der Waals surface area contributed by atoms with Crippen molar-refractivity contribution >= 4 is 10.0 Å². The highest BCUT2D eigenvalue weighted by Gasteiger charge is 2.44. The molecule has 0 atom stereocenters. The Morgan fingerprint density at radius 1 is 1.36 bits per heavy atom. The summed E-state index contributed by atoms with van der Waals surface area (Å²) in [6.45, 7) is 2.37. The van der Waals surface area contributed by atoms with Crippen LogP contribution >= 0.6 is 0 Å². The zero-order valence-corrected chi connectivity index (χ0v) is 9.57. The predicted molar refractivity (Wildman–Crippen MR) is 56.5 cm³/mol. The summed E-state index contributed by atoms with van der Waals surface area (Å²) < 4.78 is 25.4. The van der Waals surface area contributed by atoms with E-state index in [-0.39, 0.29) is 5.75 Å². The minimum atomic E-state index is -2.99. The summed E-state index contributed by atoms with van der Waals surface area (Å²) in [5.41, 5.74) is 0.326. The van der Waals surface area contributed by atoms with Crippen LogP contribution in [0.1, 0.15) is 39.0 Å². The SMILES string of the molecule is CCS(=O)(=O)NCC12CCC(CC1)C2. The van der Waals surface area contributed by atoms with E-state index in [1.54, 1.807) is 6.92 Å². The van der Waals surface area contributed by atoms with Gasteiger partial charge in [0.05, 0.1) is 5.75 Å². The van der Waals surface area contributed by atoms with Crippen LogP contribution < -0.4 is 4.72 Å². The summed E-state index contributed by atoms with van der Waals surface area (Å²) in [7, 11) is -2.99. The molecule has 2 saturated carbocycles. The van der Waals surface area contributed by atoms with Gasteiger partial charge in [-0.15, -0.1) is 0 Å². The van der Waals surface area contributed by atoms with Gasteiger partial charge in [0.1, 0.15) is 0 Å². The molecule has 2 bridgehead atoms. The second-order valence-electron chi connectivity index (χ2n) is 4.87. The Labute approximate surface area is 86.3 Å². The molecular weight excluding hydrogens is 198 g/mol. The molecule has 0 amide bonds.